The van der Waals surface area contributed by atoms with Crippen molar-refractivity contribution in [2.45, 2.75) is 24.5 Å². The van der Waals surface area contributed by atoms with Crippen molar-refractivity contribution >= 4 is 25.8 Å². The molecule has 1 fully saturated rings. The average Bonchev–Trinajstić information content (AvgIpc) is 2.69. The molecule has 1 unspecified atom stereocenters. The van der Waals surface area contributed by atoms with Crippen LogP contribution in [0, 0.1) is 0 Å². The Morgan fingerprint density at radius 1 is 1.42 bits per heavy atom. The minimum Gasteiger partial charge on any atom is -0.469 e. The van der Waals surface area contributed by atoms with E-state index in [1.165, 1.54) is 14.2 Å². The zero-order valence-electron chi connectivity index (χ0n) is 11.0. The lowest BCUT2D eigenvalue weighted by atomic mass is 10.3. The third-order valence-corrected chi connectivity index (χ3v) is 7.40. The third kappa shape index (κ3) is 4.43. The highest BCUT2D eigenvalue weighted by atomic mass is 32.2. The van der Waals surface area contributed by atoms with E-state index < -0.39 is 31.1 Å². The number of sulfonamides is 1. The molecule has 0 aromatic carbocycles. The van der Waals surface area contributed by atoms with Crippen molar-refractivity contribution in [3.8, 4) is 0 Å². The van der Waals surface area contributed by atoms with Crippen LogP contribution in [0.25, 0.3) is 0 Å². The van der Waals surface area contributed by atoms with Crippen molar-refractivity contribution < 1.29 is 26.4 Å². The van der Waals surface area contributed by atoms with E-state index in [4.69, 9.17) is 0 Å². The Kier molecular flexibility index (Phi) is 5.34. The topological polar surface area (TPSA) is 97.8 Å². The van der Waals surface area contributed by atoms with E-state index in [1.807, 2.05) is 0 Å². The summed E-state index contributed by atoms with van der Waals surface area (Å²) in [6.45, 7) is 0.175. The molecule has 0 saturated carbocycles. The molecule has 1 rings (SSSR count). The molecule has 0 aromatic rings. The molecule has 0 aromatic heterocycles. The number of sulfone groups is 1. The standard InChI is InChI=1S/C10H19NO6S2/c1-11(6-3-4-10(12)17-2)19(15,16)9-5-7-18(13,14)8-9/h9H,3-8H2,1-2H3. The zero-order valence-corrected chi connectivity index (χ0v) is 12.7. The van der Waals surface area contributed by atoms with Crippen LogP contribution in [-0.4, -0.2) is 64.6 Å². The van der Waals surface area contributed by atoms with Crippen LogP contribution >= 0.6 is 0 Å². The van der Waals surface area contributed by atoms with Gasteiger partial charge in [0.05, 0.1) is 23.9 Å². The number of esters is 1. The maximum atomic E-state index is 12.1. The summed E-state index contributed by atoms with van der Waals surface area (Å²) >= 11 is 0. The van der Waals surface area contributed by atoms with E-state index in [0.29, 0.717) is 6.42 Å². The van der Waals surface area contributed by atoms with Crippen LogP contribution in [0.3, 0.4) is 0 Å². The summed E-state index contributed by atoms with van der Waals surface area (Å²) < 4.78 is 52.4. The van der Waals surface area contributed by atoms with Gasteiger partial charge in [0.1, 0.15) is 0 Å². The van der Waals surface area contributed by atoms with Crippen molar-refractivity contribution in [3.63, 3.8) is 0 Å². The molecule has 1 atom stereocenters. The van der Waals surface area contributed by atoms with Crippen molar-refractivity contribution in [2.75, 3.05) is 32.2 Å². The van der Waals surface area contributed by atoms with Gasteiger partial charge < -0.3 is 4.74 Å². The predicted molar refractivity (Wildman–Crippen MR) is 69.9 cm³/mol. The van der Waals surface area contributed by atoms with Gasteiger partial charge in [0, 0.05) is 20.0 Å². The first-order valence-electron chi connectivity index (χ1n) is 5.91. The number of hydrogen-bond donors (Lipinski definition) is 0. The van der Waals surface area contributed by atoms with Crippen molar-refractivity contribution in [2.24, 2.45) is 0 Å². The van der Waals surface area contributed by atoms with Crippen LogP contribution in [0.2, 0.25) is 0 Å². The van der Waals surface area contributed by atoms with Crippen LogP contribution in [0.4, 0.5) is 0 Å². The average molecular weight is 313 g/mol. The van der Waals surface area contributed by atoms with E-state index in [1.54, 1.807) is 0 Å². The van der Waals surface area contributed by atoms with Crippen LogP contribution in [0.1, 0.15) is 19.3 Å². The van der Waals surface area contributed by atoms with Gasteiger partial charge in [-0.15, -0.1) is 0 Å². The number of carbonyl (C=O) groups excluding carboxylic acids is 1. The maximum Gasteiger partial charge on any atom is 0.305 e. The molecule has 112 valence electrons. The summed E-state index contributed by atoms with van der Waals surface area (Å²) in [5.74, 6) is -0.780. The molecule has 0 radical (unpaired) electrons. The molecule has 0 amide bonds. The molecule has 7 nitrogen and oxygen atoms in total. The maximum absolute atomic E-state index is 12.1. The molecule has 0 spiro atoms. The quantitative estimate of drug-likeness (QED) is 0.607. The number of hydrogen-bond acceptors (Lipinski definition) is 6. The third-order valence-electron chi connectivity index (χ3n) is 3.13. The first-order chi connectivity index (χ1) is 8.69. The second kappa shape index (κ2) is 6.19. The highest BCUT2D eigenvalue weighted by Gasteiger charge is 2.39. The molecule has 0 N–H and O–H groups in total. The van der Waals surface area contributed by atoms with E-state index in [9.17, 15) is 21.6 Å². The van der Waals surface area contributed by atoms with Gasteiger partial charge in [-0.25, -0.2) is 21.1 Å². The van der Waals surface area contributed by atoms with Crippen LogP contribution in [-0.2, 0) is 29.4 Å². The first kappa shape index (κ1) is 16.4. The Morgan fingerprint density at radius 3 is 2.53 bits per heavy atom. The van der Waals surface area contributed by atoms with Crippen LogP contribution in [0.15, 0.2) is 0 Å². The highest BCUT2D eigenvalue weighted by Crippen LogP contribution is 2.21. The summed E-state index contributed by atoms with van der Waals surface area (Å²) in [5.41, 5.74) is 0. The Hall–Kier alpha value is -0.670. The molecule has 0 bridgehead atoms. The fourth-order valence-electron chi connectivity index (χ4n) is 1.93. The normalized spacial score (nSPS) is 22.6. The van der Waals surface area contributed by atoms with E-state index in [0.717, 1.165) is 4.31 Å². The Morgan fingerprint density at radius 2 is 2.05 bits per heavy atom. The zero-order chi connectivity index (χ0) is 14.7. The van der Waals surface area contributed by atoms with Crippen molar-refractivity contribution in [3.05, 3.63) is 0 Å². The molecular formula is C10H19NO6S2. The number of ether oxygens (including phenoxy) is 1. The Labute approximate surface area is 113 Å². The summed E-state index contributed by atoms with van der Waals surface area (Å²) in [6, 6.07) is 0. The van der Waals surface area contributed by atoms with Gasteiger partial charge in [-0.1, -0.05) is 0 Å². The molecule has 1 saturated heterocycles. The summed E-state index contributed by atoms with van der Waals surface area (Å²) in [5, 5.41) is -0.861. The van der Waals surface area contributed by atoms with Crippen molar-refractivity contribution in [1.82, 2.24) is 4.31 Å². The number of carbonyl (C=O) groups is 1. The molecule has 1 heterocycles. The van der Waals surface area contributed by atoms with Gasteiger partial charge in [0.25, 0.3) is 0 Å². The lowest BCUT2D eigenvalue weighted by Gasteiger charge is -2.20. The second-order valence-electron chi connectivity index (χ2n) is 4.57. The minimum atomic E-state index is -3.61. The molecule has 9 heteroatoms. The van der Waals surface area contributed by atoms with E-state index in [-0.39, 0.29) is 30.9 Å². The van der Waals surface area contributed by atoms with Gasteiger partial charge in [-0.3, -0.25) is 4.79 Å². The fraction of sp³-hybridized carbons (Fsp3) is 0.900. The second-order valence-corrected chi connectivity index (χ2v) is 9.12. The SMILES string of the molecule is COC(=O)CCCN(C)S(=O)(=O)C1CCS(=O)(=O)C1. The van der Waals surface area contributed by atoms with Gasteiger partial charge >= 0.3 is 5.97 Å². The smallest absolute Gasteiger partial charge is 0.305 e. The molecular weight excluding hydrogens is 294 g/mol. The van der Waals surface area contributed by atoms with Gasteiger partial charge in [-0.2, -0.15) is 0 Å². The molecule has 1 aliphatic rings. The highest BCUT2D eigenvalue weighted by molar-refractivity contribution is 7.95. The largest absolute Gasteiger partial charge is 0.469 e. The Balaban J connectivity index is 2.56. The Bertz CT molecular complexity index is 524. The van der Waals surface area contributed by atoms with E-state index in [2.05, 4.69) is 4.74 Å². The monoisotopic (exact) mass is 313 g/mol. The summed E-state index contributed by atoms with van der Waals surface area (Å²) in [4.78, 5) is 10.9. The lowest BCUT2D eigenvalue weighted by Crippen LogP contribution is -2.37. The van der Waals surface area contributed by atoms with Gasteiger partial charge in [-0.05, 0) is 12.8 Å². The molecule has 0 aliphatic carbocycles. The van der Waals surface area contributed by atoms with Crippen LogP contribution in [0.5, 0.6) is 0 Å². The number of methoxy groups -OCH3 is 1. The molecule has 19 heavy (non-hydrogen) atoms. The number of nitrogens with zero attached hydrogens (tertiary/aromatic N) is 1. The lowest BCUT2D eigenvalue weighted by molar-refractivity contribution is -0.140. The van der Waals surface area contributed by atoms with Gasteiger partial charge in [0.2, 0.25) is 10.0 Å². The minimum absolute atomic E-state index is 0.0765. The summed E-state index contributed by atoms with van der Waals surface area (Å²) in [6.07, 6.45) is 0.632. The summed E-state index contributed by atoms with van der Waals surface area (Å²) in [7, 11) is -4.17. The number of rotatable bonds is 6. The van der Waals surface area contributed by atoms with E-state index >= 15 is 0 Å². The predicted octanol–water partition coefficient (Wildman–Crippen LogP) is -0.612. The van der Waals surface area contributed by atoms with Crippen LogP contribution < -0.4 is 0 Å². The first-order valence-corrected chi connectivity index (χ1v) is 9.24. The van der Waals surface area contributed by atoms with Gasteiger partial charge in [0.15, 0.2) is 9.84 Å². The fourth-order valence-corrected chi connectivity index (χ4v) is 6.24. The molecule has 1 aliphatic heterocycles. The van der Waals surface area contributed by atoms with Crippen molar-refractivity contribution in [1.29, 1.82) is 0 Å².